The van der Waals surface area contributed by atoms with Crippen molar-refractivity contribution in [1.29, 1.82) is 0 Å². The van der Waals surface area contributed by atoms with Crippen LogP contribution in [0.15, 0.2) is 16.6 Å². The van der Waals surface area contributed by atoms with Crippen molar-refractivity contribution in [2.45, 2.75) is 19.8 Å². The zero-order valence-corrected chi connectivity index (χ0v) is 15.0. The Labute approximate surface area is 138 Å². The Hall–Kier alpha value is -0.0100. The third-order valence-corrected chi connectivity index (χ3v) is 5.70. The lowest BCUT2D eigenvalue weighted by atomic mass is 10.3. The normalized spacial score (nSPS) is 11.6. The average molecular weight is 404 g/mol. The molecule has 0 spiro atoms. The highest BCUT2D eigenvalue weighted by Crippen LogP contribution is 2.36. The predicted molar refractivity (Wildman–Crippen MR) is 89.3 cm³/mol. The summed E-state index contributed by atoms with van der Waals surface area (Å²) in [6, 6.07) is 3.23. The molecular formula is C12H17BrCl2N2O2S. The van der Waals surface area contributed by atoms with E-state index in [0.29, 0.717) is 21.6 Å². The third-order valence-electron chi connectivity index (χ3n) is 2.57. The number of benzene rings is 1. The molecule has 2 N–H and O–H groups in total. The Balaban J connectivity index is 2.61. The Morgan fingerprint density at radius 3 is 2.55 bits per heavy atom. The van der Waals surface area contributed by atoms with Gasteiger partial charge in [-0.05, 0) is 54.0 Å². The van der Waals surface area contributed by atoms with Crippen LogP contribution in [-0.2, 0) is 10.0 Å². The van der Waals surface area contributed by atoms with Gasteiger partial charge in [-0.1, -0.05) is 30.1 Å². The number of sulfonamides is 1. The van der Waals surface area contributed by atoms with Gasteiger partial charge in [-0.25, -0.2) is 8.42 Å². The molecule has 4 nitrogen and oxygen atoms in total. The van der Waals surface area contributed by atoms with Gasteiger partial charge in [-0.3, -0.25) is 4.72 Å². The molecule has 0 fully saturated rings. The number of halogens is 3. The van der Waals surface area contributed by atoms with Crippen LogP contribution in [-0.4, -0.2) is 27.3 Å². The lowest BCUT2D eigenvalue weighted by molar-refractivity contribution is 0.593. The van der Waals surface area contributed by atoms with Crippen molar-refractivity contribution >= 4 is 54.8 Å². The van der Waals surface area contributed by atoms with Crippen LogP contribution in [0.1, 0.15) is 19.8 Å². The number of unbranched alkanes of at least 4 members (excludes halogenated alkanes) is 1. The van der Waals surface area contributed by atoms with E-state index in [4.69, 9.17) is 23.2 Å². The highest BCUT2D eigenvalue weighted by atomic mass is 79.9. The Morgan fingerprint density at radius 2 is 1.90 bits per heavy atom. The first-order chi connectivity index (χ1) is 9.37. The number of nitrogens with one attached hydrogen (secondary N) is 2. The molecular weight excluding hydrogens is 387 g/mol. The molecule has 0 aromatic heterocycles. The van der Waals surface area contributed by atoms with Crippen LogP contribution in [0.5, 0.6) is 0 Å². The van der Waals surface area contributed by atoms with Crippen LogP contribution < -0.4 is 10.0 Å². The van der Waals surface area contributed by atoms with Gasteiger partial charge in [0.1, 0.15) is 0 Å². The number of hydrogen-bond acceptors (Lipinski definition) is 3. The fourth-order valence-electron chi connectivity index (χ4n) is 1.54. The van der Waals surface area contributed by atoms with Crippen molar-refractivity contribution in [3.8, 4) is 0 Å². The second kappa shape index (κ2) is 8.44. The van der Waals surface area contributed by atoms with Gasteiger partial charge in [-0.15, -0.1) is 0 Å². The first kappa shape index (κ1) is 18.0. The highest BCUT2D eigenvalue weighted by Gasteiger charge is 2.15. The summed E-state index contributed by atoms with van der Waals surface area (Å²) >= 11 is 15.2. The zero-order valence-electron chi connectivity index (χ0n) is 11.0. The Bertz CT molecular complexity index is 553. The Kier molecular flexibility index (Phi) is 7.61. The maximum absolute atomic E-state index is 11.9. The molecule has 0 bridgehead atoms. The van der Waals surface area contributed by atoms with E-state index in [2.05, 4.69) is 26.0 Å². The summed E-state index contributed by atoms with van der Waals surface area (Å²) in [5, 5.41) is 3.63. The van der Waals surface area contributed by atoms with Crippen molar-refractivity contribution < 1.29 is 8.42 Å². The molecule has 0 unspecified atom stereocenters. The number of hydrogen-bond donors (Lipinski definition) is 2. The van der Waals surface area contributed by atoms with Gasteiger partial charge in [-0.2, -0.15) is 0 Å². The first-order valence-corrected chi connectivity index (χ1v) is 9.42. The van der Waals surface area contributed by atoms with E-state index < -0.39 is 10.0 Å². The predicted octanol–water partition coefficient (Wildman–Crippen LogP) is 3.89. The number of anilines is 1. The van der Waals surface area contributed by atoms with E-state index >= 15 is 0 Å². The maximum atomic E-state index is 11.9. The highest BCUT2D eigenvalue weighted by molar-refractivity contribution is 9.10. The zero-order chi connectivity index (χ0) is 15.2. The molecule has 0 aliphatic carbocycles. The molecule has 0 radical (unpaired) electrons. The lowest BCUT2D eigenvalue weighted by Crippen LogP contribution is -2.19. The van der Waals surface area contributed by atoms with Crippen molar-refractivity contribution in [3.05, 3.63) is 26.7 Å². The van der Waals surface area contributed by atoms with E-state index in [-0.39, 0.29) is 10.8 Å². The van der Waals surface area contributed by atoms with E-state index in [0.717, 1.165) is 19.5 Å². The standard InChI is InChI=1S/C12H17BrCl2N2O2S/c1-2-16-7-3-4-8-20(18,19)17-10-6-5-9(13)11(14)12(10)15/h5-6,16-17H,2-4,7-8H2,1H3. The van der Waals surface area contributed by atoms with Crippen molar-refractivity contribution in [2.24, 2.45) is 0 Å². The van der Waals surface area contributed by atoms with Gasteiger partial charge in [0.05, 0.1) is 21.5 Å². The van der Waals surface area contributed by atoms with Crippen LogP contribution in [0, 0.1) is 0 Å². The molecule has 1 aromatic rings. The fourth-order valence-corrected chi connectivity index (χ4v) is 3.61. The molecule has 0 atom stereocenters. The molecule has 0 aliphatic rings. The van der Waals surface area contributed by atoms with E-state index in [9.17, 15) is 8.42 Å². The smallest absolute Gasteiger partial charge is 0.232 e. The van der Waals surface area contributed by atoms with Gasteiger partial charge in [0.2, 0.25) is 10.0 Å². The van der Waals surface area contributed by atoms with Crippen molar-refractivity contribution in [3.63, 3.8) is 0 Å². The molecule has 8 heteroatoms. The summed E-state index contributed by atoms with van der Waals surface area (Å²) < 4.78 is 27.0. The number of rotatable bonds is 8. The summed E-state index contributed by atoms with van der Waals surface area (Å²) in [5.74, 6) is 0.0579. The molecule has 0 saturated carbocycles. The molecule has 0 heterocycles. The molecule has 114 valence electrons. The van der Waals surface area contributed by atoms with Crippen LogP contribution >= 0.6 is 39.1 Å². The summed E-state index contributed by atoms with van der Waals surface area (Å²) in [6.07, 6.45) is 1.40. The van der Waals surface area contributed by atoms with Gasteiger partial charge < -0.3 is 5.32 Å². The summed E-state index contributed by atoms with van der Waals surface area (Å²) in [7, 11) is -3.41. The summed E-state index contributed by atoms with van der Waals surface area (Å²) in [6.45, 7) is 3.71. The monoisotopic (exact) mass is 402 g/mol. The maximum Gasteiger partial charge on any atom is 0.232 e. The minimum atomic E-state index is -3.41. The van der Waals surface area contributed by atoms with Crippen LogP contribution in [0.4, 0.5) is 5.69 Å². The quantitative estimate of drug-likeness (QED) is 0.511. The fraction of sp³-hybridized carbons (Fsp3) is 0.500. The van der Waals surface area contributed by atoms with E-state index in [1.807, 2.05) is 6.92 Å². The molecule has 0 saturated heterocycles. The Morgan fingerprint density at radius 1 is 1.20 bits per heavy atom. The van der Waals surface area contributed by atoms with E-state index in [1.165, 1.54) is 0 Å². The topological polar surface area (TPSA) is 58.2 Å². The first-order valence-electron chi connectivity index (χ1n) is 6.22. The second-order valence-corrected chi connectivity index (χ2v) is 7.66. The minimum Gasteiger partial charge on any atom is -0.317 e. The molecule has 1 rings (SSSR count). The molecule has 20 heavy (non-hydrogen) atoms. The van der Waals surface area contributed by atoms with Gasteiger partial charge in [0.25, 0.3) is 0 Å². The van der Waals surface area contributed by atoms with Gasteiger partial charge in [0.15, 0.2) is 0 Å². The molecule has 0 aliphatic heterocycles. The molecule has 0 amide bonds. The lowest BCUT2D eigenvalue weighted by Gasteiger charge is -2.11. The third kappa shape index (κ3) is 5.77. The van der Waals surface area contributed by atoms with Gasteiger partial charge in [0, 0.05) is 4.47 Å². The van der Waals surface area contributed by atoms with Crippen LogP contribution in [0.3, 0.4) is 0 Å². The summed E-state index contributed by atoms with van der Waals surface area (Å²) in [5.41, 5.74) is 0.298. The van der Waals surface area contributed by atoms with Crippen molar-refractivity contribution in [1.82, 2.24) is 5.32 Å². The van der Waals surface area contributed by atoms with Crippen LogP contribution in [0.25, 0.3) is 0 Å². The van der Waals surface area contributed by atoms with Crippen LogP contribution in [0.2, 0.25) is 10.0 Å². The average Bonchev–Trinajstić information content (AvgIpc) is 2.39. The van der Waals surface area contributed by atoms with E-state index in [1.54, 1.807) is 12.1 Å². The minimum absolute atomic E-state index is 0.0579. The molecule has 1 aromatic carbocycles. The largest absolute Gasteiger partial charge is 0.317 e. The summed E-state index contributed by atoms with van der Waals surface area (Å²) in [4.78, 5) is 0. The SMILES string of the molecule is CCNCCCCS(=O)(=O)Nc1ccc(Br)c(Cl)c1Cl. The second-order valence-electron chi connectivity index (χ2n) is 4.20. The van der Waals surface area contributed by atoms with Gasteiger partial charge >= 0.3 is 0 Å². The van der Waals surface area contributed by atoms with Crippen molar-refractivity contribution in [2.75, 3.05) is 23.6 Å².